The fourth-order valence-corrected chi connectivity index (χ4v) is 3.13. The number of imidazole rings is 1. The second kappa shape index (κ2) is 5.33. The minimum absolute atomic E-state index is 0.646. The summed E-state index contributed by atoms with van der Waals surface area (Å²) in [5.74, 6) is 1.36. The summed E-state index contributed by atoms with van der Waals surface area (Å²) in [5, 5.41) is 6.21. The van der Waals surface area contributed by atoms with Gasteiger partial charge in [-0.25, -0.2) is 0 Å². The normalized spacial score (nSPS) is 14.7. The second-order valence-corrected chi connectivity index (χ2v) is 6.44. The van der Waals surface area contributed by atoms with Gasteiger partial charge >= 0.3 is 0 Å². The Morgan fingerprint density at radius 3 is 3.14 bits per heavy atom. The summed E-state index contributed by atoms with van der Waals surface area (Å²) in [4.78, 5) is 5.52. The first-order chi connectivity index (χ1) is 10.3. The third-order valence-electron chi connectivity index (χ3n) is 3.47. The van der Waals surface area contributed by atoms with Crippen LogP contribution in [0.5, 0.6) is 11.6 Å². The molecule has 0 spiro atoms. The van der Waals surface area contributed by atoms with Crippen LogP contribution in [0.3, 0.4) is 0 Å². The van der Waals surface area contributed by atoms with Crippen LogP contribution in [0.1, 0.15) is 18.5 Å². The van der Waals surface area contributed by atoms with Gasteiger partial charge in [0.25, 0.3) is 0 Å². The Morgan fingerprint density at radius 1 is 1.43 bits per heavy atom. The van der Waals surface area contributed by atoms with Crippen LogP contribution in [0.25, 0.3) is 4.96 Å². The average Bonchev–Trinajstić information content (AvgIpc) is 3.08. The van der Waals surface area contributed by atoms with Crippen LogP contribution in [-0.2, 0) is 6.54 Å². The number of hydrogen-bond acceptors (Lipinski definition) is 4. The van der Waals surface area contributed by atoms with Crippen molar-refractivity contribution in [2.24, 2.45) is 0 Å². The zero-order valence-electron chi connectivity index (χ0n) is 11.3. The lowest BCUT2D eigenvalue weighted by Crippen LogP contribution is -2.16. The molecule has 2 aromatic heterocycles. The van der Waals surface area contributed by atoms with Crippen LogP contribution < -0.4 is 10.1 Å². The highest BCUT2D eigenvalue weighted by atomic mass is 35.5. The van der Waals surface area contributed by atoms with Crippen molar-refractivity contribution < 1.29 is 4.74 Å². The van der Waals surface area contributed by atoms with Crippen molar-refractivity contribution in [1.82, 2.24) is 14.7 Å². The number of halogens is 1. The van der Waals surface area contributed by atoms with Gasteiger partial charge < -0.3 is 10.1 Å². The van der Waals surface area contributed by atoms with Crippen molar-refractivity contribution >= 4 is 27.9 Å². The van der Waals surface area contributed by atoms with E-state index < -0.39 is 0 Å². The molecule has 1 aliphatic rings. The molecule has 0 saturated heterocycles. The summed E-state index contributed by atoms with van der Waals surface area (Å²) in [6, 6.07) is 8.03. The third kappa shape index (κ3) is 2.77. The van der Waals surface area contributed by atoms with Crippen molar-refractivity contribution in [3.8, 4) is 11.6 Å². The molecule has 4 nitrogen and oxygen atoms in total. The van der Waals surface area contributed by atoms with E-state index in [1.165, 1.54) is 12.8 Å². The number of nitrogens with one attached hydrogen (secondary N) is 1. The van der Waals surface area contributed by atoms with Crippen LogP contribution in [0.2, 0.25) is 5.02 Å². The Hall–Kier alpha value is -1.56. The van der Waals surface area contributed by atoms with E-state index in [1.807, 2.05) is 29.8 Å². The lowest BCUT2D eigenvalue weighted by Gasteiger charge is -2.07. The van der Waals surface area contributed by atoms with Gasteiger partial charge in [-0.3, -0.25) is 4.40 Å². The minimum atomic E-state index is 0.646. The molecule has 6 heteroatoms. The molecular formula is C15H14ClN3OS. The van der Waals surface area contributed by atoms with Gasteiger partial charge in [0.05, 0.1) is 0 Å². The average molecular weight is 320 g/mol. The van der Waals surface area contributed by atoms with Crippen molar-refractivity contribution in [2.75, 3.05) is 0 Å². The molecule has 1 saturated carbocycles. The first kappa shape index (κ1) is 13.1. The summed E-state index contributed by atoms with van der Waals surface area (Å²) in [6.07, 6.45) is 4.55. The predicted octanol–water partition coefficient (Wildman–Crippen LogP) is 4.09. The standard InChI is InChI=1S/C15H14ClN3OS/c16-10-2-1-3-12(8-10)20-14-13(9-17-11-4-5-11)19-6-7-21-15(19)18-14/h1-3,6-8,11,17H,4-5,9H2. The molecule has 1 N–H and O–H groups in total. The topological polar surface area (TPSA) is 38.6 Å². The summed E-state index contributed by atoms with van der Waals surface area (Å²) < 4.78 is 8.02. The highest BCUT2D eigenvalue weighted by Crippen LogP contribution is 2.30. The van der Waals surface area contributed by atoms with Crippen LogP contribution in [0.15, 0.2) is 35.8 Å². The van der Waals surface area contributed by atoms with Crippen LogP contribution in [0, 0.1) is 0 Å². The van der Waals surface area contributed by atoms with E-state index >= 15 is 0 Å². The van der Waals surface area contributed by atoms with Gasteiger partial charge in [-0.05, 0) is 31.0 Å². The van der Waals surface area contributed by atoms with Crippen LogP contribution in [-0.4, -0.2) is 15.4 Å². The van der Waals surface area contributed by atoms with Gasteiger partial charge in [0.15, 0.2) is 4.96 Å². The molecule has 0 amide bonds. The third-order valence-corrected chi connectivity index (χ3v) is 4.46. The predicted molar refractivity (Wildman–Crippen MR) is 84.5 cm³/mol. The maximum atomic E-state index is 6.00. The Kier molecular flexibility index (Phi) is 3.33. The molecule has 0 radical (unpaired) electrons. The van der Waals surface area contributed by atoms with Gasteiger partial charge in [-0.1, -0.05) is 17.7 Å². The number of hydrogen-bond donors (Lipinski definition) is 1. The molecule has 0 atom stereocenters. The molecule has 0 unspecified atom stereocenters. The van der Waals surface area contributed by atoms with E-state index in [-0.39, 0.29) is 0 Å². The molecule has 108 valence electrons. The van der Waals surface area contributed by atoms with Gasteiger partial charge in [0.1, 0.15) is 11.4 Å². The highest BCUT2D eigenvalue weighted by Gasteiger charge is 2.23. The summed E-state index contributed by atoms with van der Waals surface area (Å²) in [5.41, 5.74) is 1.05. The molecule has 1 aromatic carbocycles. The zero-order valence-corrected chi connectivity index (χ0v) is 12.8. The second-order valence-electron chi connectivity index (χ2n) is 5.13. The van der Waals surface area contributed by atoms with Crippen molar-refractivity contribution in [2.45, 2.75) is 25.4 Å². The lowest BCUT2D eigenvalue weighted by atomic mass is 10.3. The molecule has 2 heterocycles. The number of fused-ring (bicyclic) bond motifs is 1. The number of benzene rings is 1. The van der Waals surface area contributed by atoms with E-state index in [4.69, 9.17) is 16.3 Å². The monoisotopic (exact) mass is 319 g/mol. The molecule has 3 aromatic rings. The van der Waals surface area contributed by atoms with Crippen molar-refractivity contribution in [1.29, 1.82) is 0 Å². The molecule has 0 aliphatic heterocycles. The molecular weight excluding hydrogens is 306 g/mol. The van der Waals surface area contributed by atoms with Gasteiger partial charge in [0, 0.05) is 29.2 Å². The Balaban J connectivity index is 1.65. The molecule has 4 rings (SSSR count). The van der Waals surface area contributed by atoms with Crippen molar-refractivity contribution in [3.63, 3.8) is 0 Å². The zero-order chi connectivity index (χ0) is 14.2. The first-order valence-corrected chi connectivity index (χ1v) is 8.16. The fraction of sp³-hybridized carbons (Fsp3) is 0.267. The molecule has 21 heavy (non-hydrogen) atoms. The Bertz CT molecular complexity index is 778. The number of aromatic nitrogens is 2. The van der Waals surface area contributed by atoms with E-state index in [0.29, 0.717) is 22.7 Å². The highest BCUT2D eigenvalue weighted by molar-refractivity contribution is 7.15. The fourth-order valence-electron chi connectivity index (χ4n) is 2.23. The molecule has 0 bridgehead atoms. The maximum Gasteiger partial charge on any atom is 0.243 e. The number of nitrogens with zero attached hydrogens (tertiary/aromatic N) is 2. The van der Waals surface area contributed by atoms with Crippen LogP contribution in [0.4, 0.5) is 0 Å². The minimum Gasteiger partial charge on any atom is -0.437 e. The quantitative estimate of drug-likeness (QED) is 0.769. The molecule has 1 aliphatic carbocycles. The van der Waals surface area contributed by atoms with Gasteiger partial charge in [0.2, 0.25) is 5.88 Å². The van der Waals surface area contributed by atoms with E-state index in [0.717, 1.165) is 17.2 Å². The number of thiazole rings is 1. The van der Waals surface area contributed by atoms with Crippen LogP contribution >= 0.6 is 22.9 Å². The summed E-state index contributed by atoms with van der Waals surface area (Å²) >= 11 is 7.61. The van der Waals surface area contributed by atoms with Gasteiger partial charge in [-0.2, -0.15) is 4.98 Å². The van der Waals surface area contributed by atoms with E-state index in [1.54, 1.807) is 17.4 Å². The Morgan fingerprint density at radius 2 is 2.33 bits per heavy atom. The largest absolute Gasteiger partial charge is 0.437 e. The maximum absolute atomic E-state index is 6.00. The van der Waals surface area contributed by atoms with Crippen molar-refractivity contribution in [3.05, 3.63) is 46.6 Å². The summed E-state index contributed by atoms with van der Waals surface area (Å²) in [6.45, 7) is 0.762. The lowest BCUT2D eigenvalue weighted by molar-refractivity contribution is 0.455. The first-order valence-electron chi connectivity index (χ1n) is 6.91. The van der Waals surface area contributed by atoms with Gasteiger partial charge in [-0.15, -0.1) is 11.3 Å². The molecule has 1 fully saturated rings. The SMILES string of the molecule is Clc1cccc(Oc2nc3sccn3c2CNC2CC2)c1. The van der Waals surface area contributed by atoms with E-state index in [2.05, 4.69) is 14.7 Å². The smallest absolute Gasteiger partial charge is 0.243 e. The number of rotatable bonds is 5. The number of ether oxygens (including phenoxy) is 1. The van der Waals surface area contributed by atoms with E-state index in [9.17, 15) is 0 Å². The summed E-state index contributed by atoms with van der Waals surface area (Å²) in [7, 11) is 0. The Labute approximate surface area is 131 Å².